The van der Waals surface area contributed by atoms with Gasteiger partial charge in [0.1, 0.15) is 35.0 Å². The highest BCUT2D eigenvalue weighted by Gasteiger charge is 2.35. The molecule has 0 saturated carbocycles. The normalized spacial score (nSPS) is 11.1. The highest BCUT2D eigenvalue weighted by molar-refractivity contribution is 7.22. The number of aromatic nitrogens is 4. The van der Waals surface area contributed by atoms with Crippen molar-refractivity contribution in [1.29, 1.82) is 10.5 Å². The number of nitrogens with zero attached hydrogens (tertiary/aromatic N) is 7. The first kappa shape index (κ1) is 116. The smallest absolute Gasteiger partial charge is 0.417 e. The minimum absolute atomic E-state index is 0.00864. The highest BCUT2D eigenvalue weighted by atomic mass is 32.1. The number of carbonyl (C=O) groups is 7. The molecule has 6 aromatic carbocycles. The van der Waals surface area contributed by atoms with E-state index < -0.39 is 63.4 Å². The number of fused-ring (bicyclic) bond motifs is 3. The van der Waals surface area contributed by atoms with Gasteiger partial charge in [0.05, 0.1) is 70.1 Å². The molecule has 0 atom stereocenters. The number of carbonyl (C=O) groups excluding carboxylic acids is 7. The van der Waals surface area contributed by atoms with Crippen LogP contribution in [0.5, 0.6) is 0 Å². The molecule has 0 aliphatic heterocycles. The molecule has 4 heterocycles. The van der Waals surface area contributed by atoms with Gasteiger partial charge in [0.25, 0.3) is 11.7 Å². The number of hydrogen-bond donors (Lipinski definition) is 14. The Morgan fingerprint density at radius 3 is 1.09 bits per heavy atom. The van der Waals surface area contributed by atoms with E-state index in [1.165, 1.54) is 52.4 Å². The van der Waals surface area contributed by atoms with Gasteiger partial charge in [-0.2, -0.15) is 68.2 Å². The molecule has 0 unspecified atom stereocenters. The number of nitriles is 2. The van der Waals surface area contributed by atoms with Gasteiger partial charge in [-0.1, -0.05) is 144 Å². The molecule has 0 fully saturated rings. The van der Waals surface area contributed by atoms with Crippen molar-refractivity contribution in [2.75, 3.05) is 129 Å². The van der Waals surface area contributed by atoms with Crippen molar-refractivity contribution in [2.45, 2.75) is 122 Å². The molecule has 10 aromatic rings. The summed E-state index contributed by atoms with van der Waals surface area (Å²) in [6, 6.07) is 34.6. The maximum absolute atomic E-state index is 12.9. The molecule has 31 nitrogen and oxygen atoms in total. The van der Waals surface area contributed by atoms with Crippen molar-refractivity contribution in [3.05, 3.63) is 189 Å². The standard InChI is InChI=1S/C14H16F3N3OS.C14H16F3N3O.C13H16F3N3O3.C13H16FN3O.C13H17N3O2.C13H17N3OS.C12H16F3N3O/c1-8(2)12(21)18-5-6-19-13-20-10-7-9(14(15,16)17)3-4-11(10)22-13;1-9(2)13(21)20-6-5-19-12-4-3-11(14(15,16)17)7-10(12)8-18;1-8(2)12(20)18-6-5-17-10-4-3-9(13(14,15)16)7-11(10)19(21)22;1-9(2)13(18)17-6-5-16-12-4-3-11(14)7-10(12)8-15;2*1-9(2)12(17)14-7-8-15-13-16-10-5-3-4-6-11(10)18-13;1-8(2)11(19)17-6-5-16-10-4-3-9(7-18-10)12(13,14)15/h3-4,7-8H,5-6H2,1-2H3,(H,18,21)(H,19,20);3-4,7,9,19H,5-6H2,1-2H3,(H,20,21);3-4,7-8,17H,5-6H2,1-2H3,(H,18,20);3-4,7,9,16H,5-6H2,1-2H3,(H,17,18);2*3-6,9H,7-8H2,1-2H3,(H,14,17)(H,15,16);3-4,7-8H,5-6H2,1-2H3,(H,16,18)(H,17,19). The van der Waals surface area contributed by atoms with Gasteiger partial charge < -0.3 is 78.9 Å². The van der Waals surface area contributed by atoms with Crippen LogP contribution in [0.15, 0.2) is 144 Å². The Kier molecular flexibility index (Phi) is 48.8. The molecule has 0 aliphatic rings. The average molecular weight is 1990 g/mol. The number of pyridine rings is 1. The van der Waals surface area contributed by atoms with Crippen LogP contribution in [0, 0.1) is 80.0 Å². The van der Waals surface area contributed by atoms with Gasteiger partial charge in [-0.3, -0.25) is 43.7 Å². The number of hydrogen-bond acceptors (Lipinski definition) is 25. The Hall–Kier alpha value is -13.9. The number of rotatable bonds is 36. The third-order valence-corrected chi connectivity index (χ3v) is 20.2. The summed E-state index contributed by atoms with van der Waals surface area (Å²) in [5.41, 5.74) is -0.182. The number of nitrogens with one attached hydrogen (secondary N) is 14. The topological polar surface area (TPSA) is 443 Å². The van der Waals surface area contributed by atoms with Crippen molar-refractivity contribution < 1.29 is 100.0 Å². The van der Waals surface area contributed by atoms with Crippen LogP contribution in [0.2, 0.25) is 0 Å². The Morgan fingerprint density at radius 1 is 0.370 bits per heavy atom. The summed E-state index contributed by atoms with van der Waals surface area (Å²) in [5.74, 6) is -0.883. The zero-order valence-electron chi connectivity index (χ0n) is 78.2. The maximum Gasteiger partial charge on any atom is 0.417 e. The third-order valence-electron chi connectivity index (χ3n) is 18.2. The zero-order valence-corrected chi connectivity index (χ0v) is 79.8. The van der Waals surface area contributed by atoms with Gasteiger partial charge in [-0.15, -0.1) is 0 Å². The van der Waals surface area contributed by atoms with Crippen LogP contribution in [-0.2, 0) is 58.3 Å². The van der Waals surface area contributed by atoms with Crippen molar-refractivity contribution in [2.24, 2.45) is 41.4 Å². The lowest BCUT2D eigenvalue weighted by Gasteiger charge is -2.12. The molecule has 0 saturated heterocycles. The molecular weight excluding hydrogens is 1870 g/mol. The quantitative estimate of drug-likeness (QED) is 0.00750. The second-order valence-corrected chi connectivity index (χ2v) is 33.9. The van der Waals surface area contributed by atoms with Crippen molar-refractivity contribution in [1.82, 2.24) is 57.2 Å². The number of anilines is 7. The molecule has 4 aromatic heterocycles. The lowest BCUT2D eigenvalue weighted by molar-refractivity contribution is -0.384. The number of benzene rings is 6. The van der Waals surface area contributed by atoms with Crippen LogP contribution in [-0.4, -0.2) is 158 Å². The fraction of sp³-hybridized carbons (Fsp3) is 0.424. The van der Waals surface area contributed by atoms with Gasteiger partial charge in [0, 0.05) is 145 Å². The highest BCUT2D eigenvalue weighted by Crippen LogP contribution is 2.38. The third kappa shape index (κ3) is 43.4. The van der Waals surface area contributed by atoms with E-state index in [1.807, 2.05) is 90.1 Å². The fourth-order valence-electron chi connectivity index (χ4n) is 10.5. The summed E-state index contributed by atoms with van der Waals surface area (Å²) in [4.78, 5) is 106. The van der Waals surface area contributed by atoms with E-state index in [2.05, 4.69) is 100 Å². The number of thiazole rings is 2. The molecule has 750 valence electrons. The number of para-hydroxylation sites is 3. The largest absolute Gasteiger partial charge is 0.424 e. The Bertz CT molecular complexity index is 5480. The minimum atomic E-state index is -4.64. The zero-order chi connectivity index (χ0) is 103. The summed E-state index contributed by atoms with van der Waals surface area (Å²) >= 11 is 2.91. The molecule has 0 bridgehead atoms. The molecule has 0 aliphatic carbocycles. The number of alkyl halides is 12. The lowest BCUT2D eigenvalue weighted by atomic mass is 10.1. The second kappa shape index (κ2) is 57.8. The second-order valence-electron chi connectivity index (χ2n) is 31.9. The Balaban J connectivity index is 0.000000337. The molecule has 46 heteroatoms. The van der Waals surface area contributed by atoms with Gasteiger partial charge >= 0.3 is 24.7 Å². The van der Waals surface area contributed by atoms with E-state index in [0.29, 0.717) is 123 Å². The first-order chi connectivity index (χ1) is 64.8. The van der Waals surface area contributed by atoms with Crippen LogP contribution in [0.25, 0.3) is 31.5 Å². The summed E-state index contributed by atoms with van der Waals surface area (Å²) in [6.45, 7) is 31.3. The predicted molar refractivity (Wildman–Crippen MR) is 507 cm³/mol. The summed E-state index contributed by atoms with van der Waals surface area (Å²) in [7, 11) is 0. The predicted octanol–water partition coefficient (Wildman–Crippen LogP) is 17.7. The van der Waals surface area contributed by atoms with Gasteiger partial charge in [0.15, 0.2) is 15.8 Å². The summed E-state index contributed by atoms with van der Waals surface area (Å²) < 4.78 is 170. The van der Waals surface area contributed by atoms with E-state index in [-0.39, 0.29) is 113 Å². The number of oxazole rings is 1. The van der Waals surface area contributed by atoms with Gasteiger partial charge in [0.2, 0.25) is 41.4 Å². The summed E-state index contributed by atoms with van der Waals surface area (Å²) in [6.07, 6.45) is -17.1. The van der Waals surface area contributed by atoms with E-state index in [9.17, 15) is 101 Å². The lowest BCUT2D eigenvalue weighted by Crippen LogP contribution is -2.31. The number of nitro groups is 1. The molecule has 10 rings (SSSR count). The minimum Gasteiger partial charge on any atom is -0.424 e. The molecule has 0 spiro atoms. The van der Waals surface area contributed by atoms with Crippen LogP contribution in [0.3, 0.4) is 0 Å². The fourth-order valence-corrected chi connectivity index (χ4v) is 12.3. The molecule has 14 N–H and O–H groups in total. The van der Waals surface area contributed by atoms with Crippen LogP contribution >= 0.6 is 22.7 Å². The van der Waals surface area contributed by atoms with E-state index in [4.69, 9.17) is 14.9 Å². The molecule has 138 heavy (non-hydrogen) atoms. The molecule has 0 radical (unpaired) electrons. The van der Waals surface area contributed by atoms with Crippen LogP contribution in [0.1, 0.15) is 130 Å². The maximum atomic E-state index is 12.9. The first-order valence-corrected chi connectivity index (χ1v) is 45.0. The average Bonchev–Trinajstić information content (AvgIpc) is 1.43. The van der Waals surface area contributed by atoms with Crippen molar-refractivity contribution in [3.8, 4) is 12.1 Å². The van der Waals surface area contributed by atoms with Crippen LogP contribution in [0.4, 0.5) is 102 Å². The van der Waals surface area contributed by atoms with E-state index in [1.54, 1.807) is 72.8 Å². The SMILES string of the molecule is CC(C)C(=O)NCCNc1ccc(C(F)(F)F)cc1C#N.CC(C)C(=O)NCCNc1ccc(C(F)(F)F)cc1[N+](=O)[O-].CC(C)C(=O)NCCNc1ccc(C(F)(F)F)cn1.CC(C)C(=O)NCCNc1ccc(F)cc1C#N.CC(C)C(=O)NCCNc1nc2cc(C(F)(F)F)ccc2s1.CC(C)C(=O)NCCNc1nc2ccccc2o1.CC(C)C(=O)NCCNc1nc2ccccc2s1. The summed E-state index contributed by atoms with van der Waals surface area (Å²) in [5, 5.41) is 69.7. The van der Waals surface area contributed by atoms with Crippen molar-refractivity contribution >= 4 is 140 Å². The van der Waals surface area contributed by atoms with Crippen molar-refractivity contribution in [3.63, 3.8) is 0 Å². The number of halogens is 13. The van der Waals surface area contributed by atoms with Gasteiger partial charge in [-0.05, 0) is 103 Å². The first-order valence-electron chi connectivity index (χ1n) is 43.3. The monoisotopic (exact) mass is 1980 g/mol. The number of nitro benzene ring substituents is 1. The Labute approximate surface area is 797 Å². The molecular formula is C92H114F13N21O10S2. The van der Waals surface area contributed by atoms with Crippen LogP contribution < -0.4 is 74.4 Å². The number of amides is 7. The van der Waals surface area contributed by atoms with Gasteiger partial charge in [-0.25, -0.2) is 19.3 Å². The van der Waals surface area contributed by atoms with E-state index >= 15 is 0 Å². The molecule has 7 amide bonds. The van der Waals surface area contributed by atoms with E-state index in [0.717, 1.165) is 70.4 Å². The Morgan fingerprint density at radius 2 is 0.703 bits per heavy atom.